The van der Waals surface area contributed by atoms with E-state index in [4.69, 9.17) is 4.74 Å². The zero-order valence-electron chi connectivity index (χ0n) is 12.3. The highest BCUT2D eigenvalue weighted by molar-refractivity contribution is 5.83. The number of nitrogens with one attached hydrogen (secondary N) is 1. The monoisotopic (exact) mass is 284 g/mol. The molecule has 0 bridgehead atoms. The highest BCUT2D eigenvalue weighted by atomic mass is 16.5. The Morgan fingerprint density at radius 3 is 2.35 bits per heavy atom. The molecule has 0 aliphatic carbocycles. The summed E-state index contributed by atoms with van der Waals surface area (Å²) in [5.41, 5.74) is 0. The number of piperidine rings is 1. The standard InChI is InChI=1S/C14H24N2O4/c1-11(17)3-4-14(19)16-8-5-12(6-9-16)15-13(18)7-10-20-2/h12H,3-10H2,1-2H3,(H,15,18). The first-order valence-corrected chi connectivity index (χ1v) is 7.08. The minimum atomic E-state index is -0.00629. The van der Waals surface area contributed by atoms with Crippen LogP contribution in [-0.4, -0.2) is 55.3 Å². The van der Waals surface area contributed by atoms with Gasteiger partial charge in [-0.1, -0.05) is 0 Å². The Morgan fingerprint density at radius 2 is 1.80 bits per heavy atom. The number of nitrogens with zero attached hydrogens (tertiary/aromatic N) is 1. The third-order valence-electron chi connectivity index (χ3n) is 3.44. The number of likely N-dealkylation sites (tertiary alicyclic amines) is 1. The first kappa shape index (κ1) is 16.6. The molecule has 114 valence electrons. The van der Waals surface area contributed by atoms with Gasteiger partial charge in [-0.3, -0.25) is 9.59 Å². The lowest BCUT2D eigenvalue weighted by Gasteiger charge is -2.32. The van der Waals surface area contributed by atoms with Crippen molar-refractivity contribution >= 4 is 17.6 Å². The summed E-state index contributed by atoms with van der Waals surface area (Å²) in [6.07, 6.45) is 2.51. The lowest BCUT2D eigenvalue weighted by molar-refractivity contribution is -0.134. The third kappa shape index (κ3) is 6.14. The highest BCUT2D eigenvalue weighted by Crippen LogP contribution is 2.12. The van der Waals surface area contributed by atoms with Gasteiger partial charge >= 0.3 is 0 Å². The van der Waals surface area contributed by atoms with Gasteiger partial charge in [0.2, 0.25) is 11.8 Å². The number of ketones is 1. The predicted octanol–water partition coefficient (Wildman–Crippen LogP) is 0.499. The molecule has 0 aromatic carbocycles. The maximum absolute atomic E-state index is 11.8. The van der Waals surface area contributed by atoms with Gasteiger partial charge in [0.25, 0.3) is 0 Å². The molecule has 0 radical (unpaired) electrons. The van der Waals surface area contributed by atoms with E-state index in [-0.39, 0.29) is 23.6 Å². The Kier molecular flexibility index (Phi) is 7.22. The number of rotatable bonds is 7. The van der Waals surface area contributed by atoms with E-state index in [1.165, 1.54) is 6.92 Å². The molecule has 20 heavy (non-hydrogen) atoms. The normalized spacial score (nSPS) is 16.0. The molecule has 0 aromatic rings. The van der Waals surface area contributed by atoms with Crippen molar-refractivity contribution in [2.75, 3.05) is 26.8 Å². The van der Waals surface area contributed by atoms with Crippen LogP contribution >= 0.6 is 0 Å². The van der Waals surface area contributed by atoms with Gasteiger partial charge in [-0.05, 0) is 19.8 Å². The minimum absolute atomic E-state index is 0.00629. The van der Waals surface area contributed by atoms with Crippen molar-refractivity contribution in [3.63, 3.8) is 0 Å². The topological polar surface area (TPSA) is 75.7 Å². The van der Waals surface area contributed by atoms with E-state index in [9.17, 15) is 14.4 Å². The number of hydrogen-bond donors (Lipinski definition) is 1. The molecule has 0 aromatic heterocycles. The molecule has 0 atom stereocenters. The van der Waals surface area contributed by atoms with Crippen LogP contribution in [0.2, 0.25) is 0 Å². The molecule has 0 saturated carbocycles. The average Bonchev–Trinajstić information content (AvgIpc) is 2.43. The third-order valence-corrected chi connectivity index (χ3v) is 3.44. The largest absolute Gasteiger partial charge is 0.384 e. The number of amides is 2. The van der Waals surface area contributed by atoms with Gasteiger partial charge in [0.15, 0.2) is 0 Å². The second-order valence-corrected chi connectivity index (χ2v) is 5.17. The second-order valence-electron chi connectivity index (χ2n) is 5.17. The van der Waals surface area contributed by atoms with Crippen molar-refractivity contribution in [2.45, 2.75) is 45.1 Å². The Bertz CT molecular complexity index is 349. The van der Waals surface area contributed by atoms with Crippen molar-refractivity contribution in [1.29, 1.82) is 0 Å². The summed E-state index contributed by atoms with van der Waals surface area (Å²) in [4.78, 5) is 36.0. The zero-order chi connectivity index (χ0) is 15.0. The SMILES string of the molecule is COCCC(=O)NC1CCN(C(=O)CCC(C)=O)CC1. The van der Waals surface area contributed by atoms with Crippen LogP contribution in [0.1, 0.15) is 39.0 Å². The lowest BCUT2D eigenvalue weighted by Crippen LogP contribution is -2.46. The van der Waals surface area contributed by atoms with Gasteiger partial charge in [-0.2, -0.15) is 0 Å². The van der Waals surface area contributed by atoms with Crippen LogP contribution < -0.4 is 5.32 Å². The smallest absolute Gasteiger partial charge is 0.223 e. The van der Waals surface area contributed by atoms with E-state index in [0.717, 1.165) is 12.8 Å². The minimum Gasteiger partial charge on any atom is -0.384 e. The average molecular weight is 284 g/mol. The molecule has 0 unspecified atom stereocenters. The summed E-state index contributed by atoms with van der Waals surface area (Å²) in [7, 11) is 1.57. The van der Waals surface area contributed by atoms with Crippen molar-refractivity contribution in [3.05, 3.63) is 0 Å². The van der Waals surface area contributed by atoms with Gasteiger partial charge < -0.3 is 19.7 Å². The first-order chi connectivity index (χ1) is 9.52. The lowest BCUT2D eigenvalue weighted by atomic mass is 10.0. The van der Waals surface area contributed by atoms with Crippen LogP contribution in [0.25, 0.3) is 0 Å². The Labute approximate surface area is 119 Å². The van der Waals surface area contributed by atoms with Gasteiger partial charge in [0.05, 0.1) is 6.61 Å². The van der Waals surface area contributed by atoms with E-state index in [1.54, 1.807) is 12.0 Å². The summed E-state index contributed by atoms with van der Waals surface area (Å²) in [6, 6.07) is 0.135. The molecule has 6 nitrogen and oxygen atoms in total. The van der Waals surface area contributed by atoms with Crippen molar-refractivity contribution in [2.24, 2.45) is 0 Å². The van der Waals surface area contributed by atoms with Crippen molar-refractivity contribution in [3.8, 4) is 0 Å². The molecular formula is C14H24N2O4. The summed E-state index contributed by atoms with van der Waals surface area (Å²) in [5, 5.41) is 2.95. The maximum atomic E-state index is 11.8. The van der Waals surface area contributed by atoms with Crippen molar-refractivity contribution < 1.29 is 19.1 Å². The molecule has 1 aliphatic rings. The molecule has 2 amide bonds. The fourth-order valence-corrected chi connectivity index (χ4v) is 2.21. The molecule has 1 N–H and O–H groups in total. The molecule has 1 aliphatic heterocycles. The Hall–Kier alpha value is -1.43. The molecule has 1 rings (SSSR count). The molecule has 1 saturated heterocycles. The number of ether oxygens (including phenoxy) is 1. The summed E-state index contributed by atoms with van der Waals surface area (Å²) in [5.74, 6) is 0.0659. The van der Waals surface area contributed by atoms with Crippen LogP contribution in [-0.2, 0) is 19.1 Å². The summed E-state index contributed by atoms with van der Waals surface area (Å²) in [6.45, 7) is 3.21. The number of methoxy groups -OCH3 is 1. The fraction of sp³-hybridized carbons (Fsp3) is 0.786. The first-order valence-electron chi connectivity index (χ1n) is 7.08. The quantitative estimate of drug-likeness (QED) is 0.738. The van der Waals surface area contributed by atoms with Crippen LogP contribution in [0.3, 0.4) is 0 Å². The van der Waals surface area contributed by atoms with Gasteiger partial charge in [-0.15, -0.1) is 0 Å². The molecular weight excluding hydrogens is 260 g/mol. The maximum Gasteiger partial charge on any atom is 0.223 e. The van der Waals surface area contributed by atoms with Crippen molar-refractivity contribution in [1.82, 2.24) is 10.2 Å². The zero-order valence-corrected chi connectivity index (χ0v) is 12.3. The van der Waals surface area contributed by atoms with Crippen LogP contribution in [0.5, 0.6) is 0 Å². The van der Waals surface area contributed by atoms with Crippen LogP contribution in [0, 0.1) is 0 Å². The van der Waals surface area contributed by atoms with E-state index in [2.05, 4.69) is 5.32 Å². The molecule has 1 fully saturated rings. The Morgan fingerprint density at radius 1 is 1.15 bits per heavy atom. The van der Waals surface area contributed by atoms with E-state index >= 15 is 0 Å². The number of hydrogen-bond acceptors (Lipinski definition) is 4. The number of carbonyl (C=O) groups is 3. The highest BCUT2D eigenvalue weighted by Gasteiger charge is 2.23. The fourth-order valence-electron chi connectivity index (χ4n) is 2.21. The predicted molar refractivity (Wildman–Crippen MR) is 74.2 cm³/mol. The van der Waals surface area contributed by atoms with E-state index in [0.29, 0.717) is 39.0 Å². The number of carbonyl (C=O) groups excluding carboxylic acids is 3. The molecule has 1 heterocycles. The molecule has 6 heteroatoms. The van der Waals surface area contributed by atoms with Gasteiger partial charge in [0.1, 0.15) is 5.78 Å². The van der Waals surface area contributed by atoms with E-state index < -0.39 is 0 Å². The van der Waals surface area contributed by atoms with Gasteiger partial charge in [0, 0.05) is 45.5 Å². The van der Waals surface area contributed by atoms with Crippen LogP contribution in [0.15, 0.2) is 0 Å². The Balaban J connectivity index is 2.24. The second kappa shape index (κ2) is 8.68. The van der Waals surface area contributed by atoms with Crippen LogP contribution in [0.4, 0.5) is 0 Å². The van der Waals surface area contributed by atoms with E-state index in [1.807, 2.05) is 0 Å². The van der Waals surface area contributed by atoms with Gasteiger partial charge in [-0.25, -0.2) is 0 Å². The number of Topliss-reactive ketones (excluding diaryl/α,β-unsaturated/α-hetero) is 1. The molecule has 0 spiro atoms. The summed E-state index contributed by atoms with van der Waals surface area (Å²) < 4.78 is 4.86. The summed E-state index contributed by atoms with van der Waals surface area (Å²) >= 11 is 0.